The standard InChI is InChI=1S/C16H23F3N2O2/c1-5-11-10(12(6-2)23-20-11)9-14(22)21-8-7-13(15(21,3)4)16(17,18)19/h13H,5-9H2,1-4H3/t13-/m0/s1. The van der Waals surface area contributed by atoms with Crippen molar-refractivity contribution in [2.24, 2.45) is 5.92 Å². The van der Waals surface area contributed by atoms with Gasteiger partial charge in [-0.3, -0.25) is 4.79 Å². The average molecular weight is 332 g/mol. The Morgan fingerprint density at radius 2 is 2.00 bits per heavy atom. The Morgan fingerprint density at radius 1 is 1.35 bits per heavy atom. The van der Waals surface area contributed by atoms with E-state index in [4.69, 9.17) is 4.52 Å². The summed E-state index contributed by atoms with van der Waals surface area (Å²) in [5, 5.41) is 3.95. The molecule has 0 spiro atoms. The fourth-order valence-electron chi connectivity index (χ4n) is 3.48. The normalized spacial score (nSPS) is 21.0. The molecule has 1 atom stereocenters. The lowest BCUT2D eigenvalue weighted by molar-refractivity contribution is -0.192. The van der Waals surface area contributed by atoms with Crippen molar-refractivity contribution in [3.05, 3.63) is 17.0 Å². The summed E-state index contributed by atoms with van der Waals surface area (Å²) >= 11 is 0. The van der Waals surface area contributed by atoms with E-state index in [0.717, 1.165) is 5.56 Å². The van der Waals surface area contributed by atoms with Crippen LogP contribution >= 0.6 is 0 Å². The Morgan fingerprint density at radius 3 is 2.48 bits per heavy atom. The monoisotopic (exact) mass is 332 g/mol. The van der Waals surface area contributed by atoms with Gasteiger partial charge in [0.25, 0.3) is 0 Å². The molecule has 1 aliphatic heterocycles. The van der Waals surface area contributed by atoms with Crippen molar-refractivity contribution < 1.29 is 22.5 Å². The molecule has 23 heavy (non-hydrogen) atoms. The van der Waals surface area contributed by atoms with Gasteiger partial charge in [-0.25, -0.2) is 0 Å². The Labute approximate surface area is 134 Å². The first-order valence-electron chi connectivity index (χ1n) is 7.96. The van der Waals surface area contributed by atoms with Crippen LogP contribution in [0.2, 0.25) is 0 Å². The van der Waals surface area contributed by atoms with Gasteiger partial charge in [0.2, 0.25) is 5.91 Å². The van der Waals surface area contributed by atoms with E-state index < -0.39 is 17.6 Å². The SMILES string of the molecule is CCc1noc(CC)c1CC(=O)N1CC[C@H](C(F)(F)F)C1(C)C. The number of nitrogens with zero attached hydrogens (tertiary/aromatic N) is 2. The van der Waals surface area contributed by atoms with Gasteiger partial charge in [0.15, 0.2) is 0 Å². The highest BCUT2D eigenvalue weighted by Crippen LogP contribution is 2.44. The van der Waals surface area contributed by atoms with Crippen LogP contribution in [0, 0.1) is 5.92 Å². The summed E-state index contributed by atoms with van der Waals surface area (Å²) in [5.74, 6) is -1.15. The Bertz CT molecular complexity index is 557. The molecule has 0 aromatic carbocycles. The Kier molecular flexibility index (Phi) is 4.78. The molecule has 1 aromatic rings. The van der Waals surface area contributed by atoms with Gasteiger partial charge in [-0.1, -0.05) is 19.0 Å². The third kappa shape index (κ3) is 3.23. The number of carbonyl (C=O) groups is 1. The van der Waals surface area contributed by atoms with E-state index in [1.807, 2.05) is 13.8 Å². The summed E-state index contributed by atoms with van der Waals surface area (Å²) in [7, 11) is 0. The third-order valence-corrected chi connectivity index (χ3v) is 4.82. The minimum absolute atomic E-state index is 0.0455. The van der Waals surface area contributed by atoms with Gasteiger partial charge in [-0.2, -0.15) is 13.2 Å². The van der Waals surface area contributed by atoms with Crippen molar-refractivity contribution in [3.8, 4) is 0 Å². The second-order valence-electron chi connectivity index (χ2n) is 6.50. The average Bonchev–Trinajstić information content (AvgIpc) is 2.97. The highest BCUT2D eigenvalue weighted by Gasteiger charge is 2.56. The lowest BCUT2D eigenvalue weighted by Gasteiger charge is -2.36. The van der Waals surface area contributed by atoms with Gasteiger partial charge in [-0.05, 0) is 26.7 Å². The van der Waals surface area contributed by atoms with Gasteiger partial charge in [0.05, 0.1) is 18.0 Å². The number of aromatic nitrogens is 1. The molecular formula is C16H23F3N2O2. The number of rotatable bonds is 4. The topological polar surface area (TPSA) is 46.3 Å². The fourth-order valence-corrected chi connectivity index (χ4v) is 3.48. The van der Waals surface area contributed by atoms with Crippen molar-refractivity contribution in [3.63, 3.8) is 0 Å². The molecule has 0 saturated carbocycles. The van der Waals surface area contributed by atoms with Crippen LogP contribution in [0.1, 0.15) is 51.1 Å². The second-order valence-corrected chi connectivity index (χ2v) is 6.50. The lowest BCUT2D eigenvalue weighted by Crippen LogP contribution is -2.50. The zero-order chi connectivity index (χ0) is 17.4. The van der Waals surface area contributed by atoms with Crippen LogP contribution in [0.5, 0.6) is 0 Å². The molecule has 130 valence electrons. The van der Waals surface area contributed by atoms with E-state index in [0.29, 0.717) is 24.3 Å². The lowest BCUT2D eigenvalue weighted by atomic mass is 9.87. The number of halogens is 3. The molecule has 2 heterocycles. The maximum absolute atomic E-state index is 13.1. The van der Waals surface area contributed by atoms with Crippen LogP contribution in [0.25, 0.3) is 0 Å². The van der Waals surface area contributed by atoms with E-state index >= 15 is 0 Å². The predicted molar refractivity (Wildman–Crippen MR) is 78.9 cm³/mol. The number of hydrogen-bond acceptors (Lipinski definition) is 3. The van der Waals surface area contributed by atoms with E-state index in [9.17, 15) is 18.0 Å². The molecule has 0 bridgehead atoms. The van der Waals surface area contributed by atoms with Crippen LogP contribution in [-0.4, -0.2) is 34.2 Å². The molecule has 1 amide bonds. The van der Waals surface area contributed by atoms with Gasteiger partial charge < -0.3 is 9.42 Å². The first kappa shape index (κ1) is 17.8. The predicted octanol–water partition coefficient (Wildman–Crippen LogP) is 3.53. The van der Waals surface area contributed by atoms with Crippen LogP contribution in [0.3, 0.4) is 0 Å². The summed E-state index contributed by atoms with van der Waals surface area (Å²) in [6, 6.07) is 0. The zero-order valence-electron chi connectivity index (χ0n) is 14.0. The minimum atomic E-state index is -4.29. The molecule has 1 aromatic heterocycles. The van der Waals surface area contributed by atoms with Crippen LogP contribution < -0.4 is 0 Å². The van der Waals surface area contributed by atoms with E-state index in [1.165, 1.54) is 18.7 Å². The quantitative estimate of drug-likeness (QED) is 0.847. The van der Waals surface area contributed by atoms with Crippen molar-refractivity contribution in [2.45, 2.75) is 65.1 Å². The molecule has 0 aliphatic carbocycles. The second kappa shape index (κ2) is 6.17. The molecule has 0 radical (unpaired) electrons. The van der Waals surface area contributed by atoms with Crippen LogP contribution in [0.15, 0.2) is 4.52 Å². The summed E-state index contributed by atoms with van der Waals surface area (Å²) in [6.45, 7) is 6.92. The molecule has 1 fully saturated rings. The first-order chi connectivity index (χ1) is 10.6. The maximum atomic E-state index is 13.1. The minimum Gasteiger partial charge on any atom is -0.361 e. The molecule has 0 unspecified atom stereocenters. The largest absolute Gasteiger partial charge is 0.394 e. The molecular weight excluding hydrogens is 309 g/mol. The number of hydrogen-bond donors (Lipinski definition) is 0. The van der Waals surface area contributed by atoms with E-state index in [1.54, 1.807) is 0 Å². The third-order valence-electron chi connectivity index (χ3n) is 4.82. The highest BCUT2D eigenvalue weighted by molar-refractivity contribution is 5.80. The van der Waals surface area contributed by atoms with E-state index in [2.05, 4.69) is 5.16 Å². The number of alkyl halides is 3. The molecule has 2 rings (SSSR count). The van der Waals surface area contributed by atoms with Gasteiger partial charge in [0.1, 0.15) is 5.76 Å². The Balaban J connectivity index is 2.21. The van der Waals surface area contributed by atoms with Crippen molar-refractivity contribution >= 4 is 5.91 Å². The summed E-state index contributed by atoms with van der Waals surface area (Å²) in [5.41, 5.74) is 0.205. The summed E-state index contributed by atoms with van der Waals surface area (Å²) in [6.07, 6.45) is -3.07. The molecule has 7 heteroatoms. The van der Waals surface area contributed by atoms with Crippen LogP contribution in [-0.2, 0) is 24.1 Å². The Hall–Kier alpha value is -1.53. The first-order valence-corrected chi connectivity index (χ1v) is 7.96. The molecule has 1 aliphatic rings. The maximum Gasteiger partial charge on any atom is 0.394 e. The number of carbonyl (C=O) groups excluding carboxylic acids is 1. The molecule has 1 saturated heterocycles. The fraction of sp³-hybridized carbons (Fsp3) is 0.750. The van der Waals surface area contributed by atoms with Gasteiger partial charge in [-0.15, -0.1) is 0 Å². The zero-order valence-corrected chi connectivity index (χ0v) is 14.0. The van der Waals surface area contributed by atoms with Crippen molar-refractivity contribution in [1.29, 1.82) is 0 Å². The summed E-state index contributed by atoms with van der Waals surface area (Å²) < 4.78 is 44.7. The summed E-state index contributed by atoms with van der Waals surface area (Å²) in [4.78, 5) is 14.0. The van der Waals surface area contributed by atoms with Gasteiger partial charge >= 0.3 is 6.18 Å². The highest BCUT2D eigenvalue weighted by atomic mass is 19.4. The molecule has 4 nitrogen and oxygen atoms in total. The number of amides is 1. The van der Waals surface area contributed by atoms with E-state index in [-0.39, 0.29) is 25.3 Å². The molecule has 0 N–H and O–H groups in total. The van der Waals surface area contributed by atoms with Gasteiger partial charge in [0, 0.05) is 24.1 Å². The van der Waals surface area contributed by atoms with Crippen LogP contribution in [0.4, 0.5) is 13.2 Å². The van der Waals surface area contributed by atoms with Crippen molar-refractivity contribution in [2.75, 3.05) is 6.54 Å². The smallest absolute Gasteiger partial charge is 0.361 e. The number of likely N-dealkylation sites (tertiary alicyclic amines) is 1. The number of aryl methyl sites for hydroxylation is 2. The van der Waals surface area contributed by atoms with Crippen molar-refractivity contribution in [1.82, 2.24) is 10.1 Å².